The van der Waals surface area contributed by atoms with E-state index in [1.54, 1.807) is 12.1 Å². The molecular formula is C14H18BrNO2S. The number of anilines is 1. The summed E-state index contributed by atoms with van der Waals surface area (Å²) in [6, 6.07) is 5.62. The molecule has 1 aromatic carbocycles. The van der Waals surface area contributed by atoms with Crippen molar-refractivity contribution in [3.8, 4) is 0 Å². The topological polar surface area (TPSA) is 49.3 Å². The van der Waals surface area contributed by atoms with Gasteiger partial charge in [-0.2, -0.15) is 11.8 Å². The molecule has 0 aliphatic heterocycles. The van der Waals surface area contributed by atoms with Crippen molar-refractivity contribution in [2.24, 2.45) is 0 Å². The van der Waals surface area contributed by atoms with Crippen LogP contribution < -0.4 is 5.32 Å². The van der Waals surface area contributed by atoms with Gasteiger partial charge in [-0.1, -0.05) is 28.8 Å². The minimum atomic E-state index is -0.883. The Bertz CT molecular complexity index is 467. The Balaban J connectivity index is 2.21. The molecule has 104 valence electrons. The third kappa shape index (κ3) is 3.66. The lowest BCUT2D eigenvalue weighted by Crippen LogP contribution is -2.34. The van der Waals surface area contributed by atoms with E-state index in [9.17, 15) is 9.90 Å². The number of rotatable bonds is 4. The Morgan fingerprint density at radius 3 is 2.84 bits per heavy atom. The average Bonchev–Trinajstić information content (AvgIpc) is 2.39. The van der Waals surface area contributed by atoms with Gasteiger partial charge in [-0.25, -0.2) is 4.79 Å². The van der Waals surface area contributed by atoms with E-state index in [0.717, 1.165) is 10.9 Å². The third-order valence-corrected chi connectivity index (χ3v) is 5.22. The first kappa shape index (κ1) is 14.7. The second kappa shape index (κ2) is 6.66. The monoisotopic (exact) mass is 343 g/mol. The summed E-state index contributed by atoms with van der Waals surface area (Å²) in [7, 11) is 0. The fourth-order valence-corrected chi connectivity index (χ4v) is 3.86. The van der Waals surface area contributed by atoms with Crippen LogP contribution in [0.5, 0.6) is 0 Å². The number of nitrogens with one attached hydrogen (secondary N) is 1. The van der Waals surface area contributed by atoms with E-state index in [-0.39, 0.29) is 0 Å². The number of benzene rings is 1. The highest BCUT2D eigenvalue weighted by Gasteiger charge is 2.25. The van der Waals surface area contributed by atoms with Gasteiger partial charge in [0, 0.05) is 15.8 Å². The molecule has 0 heterocycles. The molecule has 2 unspecified atom stereocenters. The fraction of sp³-hybridized carbons (Fsp3) is 0.500. The molecule has 0 saturated heterocycles. The molecule has 1 aromatic rings. The van der Waals surface area contributed by atoms with Gasteiger partial charge in [0.15, 0.2) is 0 Å². The Hall–Kier alpha value is -0.680. The second-order valence-corrected chi connectivity index (χ2v) is 6.80. The fourth-order valence-electron chi connectivity index (χ4n) is 2.57. The largest absolute Gasteiger partial charge is 0.478 e. The van der Waals surface area contributed by atoms with Crippen LogP contribution in [-0.4, -0.2) is 28.6 Å². The molecule has 0 bridgehead atoms. The zero-order valence-corrected chi connectivity index (χ0v) is 13.3. The van der Waals surface area contributed by atoms with Gasteiger partial charge in [0.25, 0.3) is 0 Å². The van der Waals surface area contributed by atoms with E-state index in [4.69, 9.17) is 0 Å². The lowest BCUT2D eigenvalue weighted by molar-refractivity contribution is 0.0698. The highest BCUT2D eigenvalue weighted by Crippen LogP contribution is 2.31. The first-order valence-corrected chi connectivity index (χ1v) is 8.52. The molecule has 5 heteroatoms. The van der Waals surface area contributed by atoms with Crippen molar-refractivity contribution in [3.05, 3.63) is 28.2 Å². The number of aromatic carboxylic acids is 1. The van der Waals surface area contributed by atoms with Crippen molar-refractivity contribution in [2.45, 2.75) is 37.0 Å². The van der Waals surface area contributed by atoms with Crippen LogP contribution in [0.2, 0.25) is 0 Å². The van der Waals surface area contributed by atoms with Crippen molar-refractivity contribution in [2.75, 3.05) is 11.6 Å². The predicted octanol–water partition coefficient (Wildman–Crippen LogP) is 4.23. The molecule has 1 saturated carbocycles. The highest BCUT2D eigenvalue weighted by atomic mass is 79.9. The van der Waals surface area contributed by atoms with Crippen LogP contribution in [0, 0.1) is 0 Å². The Kier molecular flexibility index (Phi) is 5.16. The molecule has 2 rings (SSSR count). The van der Waals surface area contributed by atoms with Crippen molar-refractivity contribution in [1.29, 1.82) is 0 Å². The van der Waals surface area contributed by atoms with Gasteiger partial charge in [0.2, 0.25) is 0 Å². The van der Waals surface area contributed by atoms with E-state index in [2.05, 4.69) is 27.5 Å². The number of hydrogen-bond donors (Lipinski definition) is 2. The molecule has 2 atom stereocenters. The second-order valence-electron chi connectivity index (χ2n) is 4.80. The highest BCUT2D eigenvalue weighted by molar-refractivity contribution is 9.10. The molecule has 0 amide bonds. The molecule has 2 N–H and O–H groups in total. The van der Waals surface area contributed by atoms with Crippen LogP contribution in [0.3, 0.4) is 0 Å². The number of halogens is 1. The van der Waals surface area contributed by atoms with Crippen LogP contribution in [0.1, 0.15) is 36.0 Å². The minimum Gasteiger partial charge on any atom is -0.478 e. The summed E-state index contributed by atoms with van der Waals surface area (Å²) in [5.41, 5.74) is 1.06. The maximum atomic E-state index is 11.3. The Morgan fingerprint density at radius 2 is 2.16 bits per heavy atom. The lowest BCUT2D eigenvalue weighted by atomic mass is 9.94. The van der Waals surface area contributed by atoms with Gasteiger partial charge in [0.1, 0.15) is 0 Å². The maximum absolute atomic E-state index is 11.3. The van der Waals surface area contributed by atoms with Crippen molar-refractivity contribution in [1.82, 2.24) is 0 Å². The SMILES string of the molecule is CSC1CCCCC1Nc1cc(Br)ccc1C(=O)O. The van der Waals surface area contributed by atoms with Gasteiger partial charge >= 0.3 is 5.97 Å². The smallest absolute Gasteiger partial charge is 0.337 e. The van der Waals surface area contributed by atoms with Crippen molar-refractivity contribution < 1.29 is 9.90 Å². The normalized spacial score (nSPS) is 23.1. The molecule has 1 aliphatic carbocycles. The maximum Gasteiger partial charge on any atom is 0.337 e. The standard InChI is InChI=1S/C14H18BrNO2S/c1-19-13-5-3-2-4-11(13)16-12-8-9(15)6-7-10(12)14(17)18/h6-8,11,13,16H,2-5H2,1H3,(H,17,18). The summed E-state index contributed by atoms with van der Waals surface area (Å²) >= 11 is 5.27. The molecule has 3 nitrogen and oxygen atoms in total. The lowest BCUT2D eigenvalue weighted by Gasteiger charge is -2.32. The van der Waals surface area contributed by atoms with Crippen LogP contribution in [-0.2, 0) is 0 Å². The number of thioether (sulfide) groups is 1. The number of carboxylic acids is 1. The molecule has 1 fully saturated rings. The van der Waals surface area contributed by atoms with E-state index >= 15 is 0 Å². The van der Waals surface area contributed by atoms with Crippen LogP contribution in [0.4, 0.5) is 5.69 Å². The van der Waals surface area contributed by atoms with Gasteiger partial charge in [-0.15, -0.1) is 0 Å². The average molecular weight is 344 g/mol. The molecule has 0 spiro atoms. The number of hydrogen-bond acceptors (Lipinski definition) is 3. The Morgan fingerprint density at radius 1 is 1.42 bits per heavy atom. The van der Waals surface area contributed by atoms with Crippen LogP contribution >= 0.6 is 27.7 Å². The van der Waals surface area contributed by atoms with Crippen LogP contribution in [0.15, 0.2) is 22.7 Å². The van der Waals surface area contributed by atoms with Crippen LogP contribution in [0.25, 0.3) is 0 Å². The van der Waals surface area contributed by atoms with Gasteiger partial charge in [0.05, 0.1) is 11.3 Å². The van der Waals surface area contributed by atoms with E-state index in [0.29, 0.717) is 22.5 Å². The van der Waals surface area contributed by atoms with E-state index < -0.39 is 5.97 Å². The van der Waals surface area contributed by atoms with Gasteiger partial charge in [-0.3, -0.25) is 0 Å². The molecular weight excluding hydrogens is 326 g/mol. The quantitative estimate of drug-likeness (QED) is 0.858. The zero-order chi connectivity index (χ0) is 13.8. The number of carbonyl (C=O) groups is 1. The summed E-state index contributed by atoms with van der Waals surface area (Å²) in [6.07, 6.45) is 6.93. The molecule has 0 radical (unpaired) electrons. The van der Waals surface area contributed by atoms with E-state index in [1.165, 1.54) is 19.3 Å². The summed E-state index contributed by atoms with van der Waals surface area (Å²) in [5, 5.41) is 13.3. The first-order valence-electron chi connectivity index (χ1n) is 6.44. The minimum absolute atomic E-state index is 0.341. The molecule has 1 aliphatic rings. The summed E-state index contributed by atoms with van der Waals surface area (Å²) in [6.45, 7) is 0. The Labute approximate surface area is 126 Å². The summed E-state index contributed by atoms with van der Waals surface area (Å²) in [4.78, 5) is 11.3. The van der Waals surface area contributed by atoms with Crippen molar-refractivity contribution >= 4 is 39.3 Å². The molecule has 19 heavy (non-hydrogen) atoms. The summed E-state index contributed by atoms with van der Waals surface area (Å²) < 4.78 is 0.900. The third-order valence-electron chi connectivity index (χ3n) is 3.56. The first-order chi connectivity index (χ1) is 9.11. The van der Waals surface area contributed by atoms with Gasteiger partial charge in [-0.05, 0) is 37.3 Å². The number of carboxylic acid groups (broad SMARTS) is 1. The van der Waals surface area contributed by atoms with E-state index in [1.807, 2.05) is 17.8 Å². The zero-order valence-electron chi connectivity index (χ0n) is 10.9. The van der Waals surface area contributed by atoms with Crippen molar-refractivity contribution in [3.63, 3.8) is 0 Å². The summed E-state index contributed by atoms with van der Waals surface area (Å²) in [5.74, 6) is -0.883. The van der Waals surface area contributed by atoms with Gasteiger partial charge < -0.3 is 10.4 Å². The predicted molar refractivity (Wildman–Crippen MR) is 84.3 cm³/mol. The molecule has 0 aromatic heterocycles.